The van der Waals surface area contributed by atoms with Gasteiger partial charge in [-0.05, 0) is 45.7 Å². The lowest BCUT2D eigenvalue weighted by Gasteiger charge is -2.41. The summed E-state index contributed by atoms with van der Waals surface area (Å²) in [7, 11) is 3.75. The minimum absolute atomic E-state index is 0.323. The van der Waals surface area contributed by atoms with E-state index >= 15 is 0 Å². The zero-order chi connectivity index (χ0) is 14.3. The van der Waals surface area contributed by atoms with Crippen LogP contribution in [0, 0.1) is 0 Å². The third-order valence-electron chi connectivity index (χ3n) is 4.12. The number of nitrogens with zero attached hydrogens (tertiary/aromatic N) is 1. The van der Waals surface area contributed by atoms with Gasteiger partial charge in [0, 0.05) is 19.7 Å². The van der Waals surface area contributed by atoms with Crippen molar-refractivity contribution >= 4 is 5.97 Å². The first-order valence-corrected chi connectivity index (χ1v) is 7.23. The number of aliphatic carboxylic acids is 1. The molecule has 1 saturated carbocycles. The van der Waals surface area contributed by atoms with Crippen LogP contribution in [0.25, 0.3) is 0 Å². The summed E-state index contributed by atoms with van der Waals surface area (Å²) in [5.74, 6) is -0.703. The fourth-order valence-electron chi connectivity index (χ4n) is 2.83. The average molecular weight is 272 g/mol. The third-order valence-corrected chi connectivity index (χ3v) is 4.12. The van der Waals surface area contributed by atoms with Gasteiger partial charge in [-0.15, -0.1) is 0 Å². The zero-order valence-corrected chi connectivity index (χ0v) is 12.4. The van der Waals surface area contributed by atoms with Crippen LogP contribution in [0.5, 0.6) is 0 Å². The molecule has 2 N–H and O–H groups in total. The first-order valence-electron chi connectivity index (χ1n) is 7.23. The maximum Gasteiger partial charge on any atom is 0.323 e. The number of methoxy groups -OCH3 is 1. The van der Waals surface area contributed by atoms with E-state index in [1.165, 1.54) is 0 Å². The lowest BCUT2D eigenvalue weighted by molar-refractivity contribution is -0.147. The largest absolute Gasteiger partial charge is 0.480 e. The van der Waals surface area contributed by atoms with Crippen LogP contribution in [0.1, 0.15) is 39.0 Å². The molecule has 112 valence electrons. The first kappa shape index (κ1) is 16.4. The summed E-state index contributed by atoms with van der Waals surface area (Å²) in [6, 6.07) is 0.323. The second-order valence-electron chi connectivity index (χ2n) is 5.54. The Morgan fingerprint density at radius 3 is 2.89 bits per heavy atom. The molecule has 19 heavy (non-hydrogen) atoms. The molecule has 2 atom stereocenters. The molecule has 0 aromatic rings. The third kappa shape index (κ3) is 4.44. The summed E-state index contributed by atoms with van der Waals surface area (Å²) in [6.07, 6.45) is 4.41. The van der Waals surface area contributed by atoms with Gasteiger partial charge < -0.3 is 20.1 Å². The zero-order valence-electron chi connectivity index (χ0n) is 12.4. The van der Waals surface area contributed by atoms with E-state index in [0.717, 1.165) is 38.8 Å². The molecule has 1 fully saturated rings. The quantitative estimate of drug-likeness (QED) is 0.698. The van der Waals surface area contributed by atoms with Gasteiger partial charge in [-0.25, -0.2) is 0 Å². The molecular weight excluding hydrogens is 244 g/mol. The van der Waals surface area contributed by atoms with Crippen molar-refractivity contribution in [3.05, 3.63) is 0 Å². The summed E-state index contributed by atoms with van der Waals surface area (Å²) in [4.78, 5) is 13.9. The van der Waals surface area contributed by atoms with Crippen LogP contribution in [-0.2, 0) is 9.53 Å². The molecule has 0 spiro atoms. The highest BCUT2D eigenvalue weighted by molar-refractivity contribution is 5.79. The standard InChI is InChI=1S/C14H28N2O3/c1-4-8-15-14(13(17)18)7-5-6-12(11-14)16(2)9-10-19-3/h12,15H,4-11H2,1-3H3,(H,17,18). The van der Waals surface area contributed by atoms with E-state index in [1.54, 1.807) is 7.11 Å². The highest BCUT2D eigenvalue weighted by Crippen LogP contribution is 2.31. The highest BCUT2D eigenvalue weighted by Gasteiger charge is 2.43. The van der Waals surface area contributed by atoms with Gasteiger partial charge in [0.25, 0.3) is 0 Å². The Balaban J connectivity index is 2.65. The molecule has 0 heterocycles. The Kier molecular flexibility index (Phi) is 6.75. The van der Waals surface area contributed by atoms with Crippen molar-refractivity contribution in [3.8, 4) is 0 Å². The van der Waals surface area contributed by atoms with Crippen LogP contribution in [0.2, 0.25) is 0 Å². The van der Waals surface area contributed by atoms with Gasteiger partial charge in [-0.1, -0.05) is 6.92 Å². The van der Waals surface area contributed by atoms with Crippen molar-refractivity contribution in [1.82, 2.24) is 10.2 Å². The van der Waals surface area contributed by atoms with Crippen molar-refractivity contribution in [2.75, 3.05) is 33.9 Å². The molecule has 1 aliphatic carbocycles. The predicted molar refractivity (Wildman–Crippen MR) is 75.4 cm³/mol. The highest BCUT2D eigenvalue weighted by atomic mass is 16.5. The Morgan fingerprint density at radius 2 is 2.32 bits per heavy atom. The SMILES string of the molecule is CCCNC1(C(=O)O)CCCC(N(C)CCOC)C1. The molecule has 0 aromatic heterocycles. The van der Waals surface area contributed by atoms with Crippen LogP contribution in [-0.4, -0.2) is 61.4 Å². The summed E-state index contributed by atoms with van der Waals surface area (Å²) in [5, 5.41) is 12.9. The van der Waals surface area contributed by atoms with Crippen LogP contribution in [0.4, 0.5) is 0 Å². The fourth-order valence-corrected chi connectivity index (χ4v) is 2.83. The molecular formula is C14H28N2O3. The van der Waals surface area contributed by atoms with E-state index in [1.807, 2.05) is 0 Å². The fraction of sp³-hybridized carbons (Fsp3) is 0.929. The van der Waals surface area contributed by atoms with E-state index in [2.05, 4.69) is 24.2 Å². The second-order valence-corrected chi connectivity index (χ2v) is 5.54. The van der Waals surface area contributed by atoms with Crippen molar-refractivity contribution in [3.63, 3.8) is 0 Å². The number of hydrogen-bond donors (Lipinski definition) is 2. The normalized spacial score (nSPS) is 27.7. The Hall–Kier alpha value is -0.650. The number of likely N-dealkylation sites (N-methyl/N-ethyl adjacent to an activating group) is 1. The molecule has 1 rings (SSSR count). The van der Waals surface area contributed by atoms with E-state index in [0.29, 0.717) is 19.1 Å². The van der Waals surface area contributed by atoms with Crippen molar-refractivity contribution < 1.29 is 14.6 Å². The molecule has 0 bridgehead atoms. The van der Waals surface area contributed by atoms with Gasteiger partial charge in [-0.2, -0.15) is 0 Å². The van der Waals surface area contributed by atoms with E-state index < -0.39 is 11.5 Å². The molecule has 5 heteroatoms. The second kappa shape index (κ2) is 7.82. The number of carboxylic acids is 1. The maximum absolute atomic E-state index is 11.7. The van der Waals surface area contributed by atoms with Gasteiger partial charge in [-0.3, -0.25) is 4.79 Å². The van der Waals surface area contributed by atoms with Crippen LogP contribution < -0.4 is 5.32 Å². The molecule has 0 aliphatic heterocycles. The summed E-state index contributed by atoms with van der Waals surface area (Å²) >= 11 is 0. The van der Waals surface area contributed by atoms with E-state index in [9.17, 15) is 9.90 Å². The predicted octanol–water partition coefficient (Wildman–Crippen LogP) is 1.33. The number of nitrogens with one attached hydrogen (secondary N) is 1. The van der Waals surface area contributed by atoms with E-state index in [4.69, 9.17) is 4.74 Å². The molecule has 0 radical (unpaired) electrons. The van der Waals surface area contributed by atoms with Crippen molar-refractivity contribution in [1.29, 1.82) is 0 Å². The smallest absolute Gasteiger partial charge is 0.323 e. The number of carbonyl (C=O) groups is 1. The van der Waals surface area contributed by atoms with Gasteiger partial charge in [0.1, 0.15) is 5.54 Å². The molecule has 2 unspecified atom stereocenters. The van der Waals surface area contributed by atoms with Gasteiger partial charge in [0.2, 0.25) is 0 Å². The Labute approximate surface area is 116 Å². The molecule has 1 aliphatic rings. The minimum Gasteiger partial charge on any atom is -0.480 e. The molecule has 5 nitrogen and oxygen atoms in total. The number of rotatable bonds is 8. The summed E-state index contributed by atoms with van der Waals surface area (Å²) in [5.41, 5.74) is -0.736. The van der Waals surface area contributed by atoms with Gasteiger partial charge >= 0.3 is 5.97 Å². The van der Waals surface area contributed by atoms with Crippen molar-refractivity contribution in [2.45, 2.75) is 50.6 Å². The summed E-state index contributed by atoms with van der Waals surface area (Å²) in [6.45, 7) is 4.37. The minimum atomic E-state index is -0.736. The topological polar surface area (TPSA) is 61.8 Å². The first-order chi connectivity index (χ1) is 9.05. The van der Waals surface area contributed by atoms with Gasteiger partial charge in [0.05, 0.1) is 6.61 Å². The molecule has 0 amide bonds. The Bertz CT molecular complexity index is 286. The number of carboxylic acid groups (broad SMARTS) is 1. The van der Waals surface area contributed by atoms with E-state index in [-0.39, 0.29) is 0 Å². The number of hydrogen-bond acceptors (Lipinski definition) is 4. The lowest BCUT2D eigenvalue weighted by atomic mass is 9.78. The van der Waals surface area contributed by atoms with Crippen molar-refractivity contribution in [2.24, 2.45) is 0 Å². The summed E-state index contributed by atoms with van der Waals surface area (Å²) < 4.78 is 5.09. The lowest BCUT2D eigenvalue weighted by Crippen LogP contribution is -2.58. The Morgan fingerprint density at radius 1 is 1.58 bits per heavy atom. The monoisotopic (exact) mass is 272 g/mol. The van der Waals surface area contributed by atoms with Crippen LogP contribution >= 0.6 is 0 Å². The van der Waals surface area contributed by atoms with Crippen LogP contribution in [0.3, 0.4) is 0 Å². The molecule has 0 aromatic carbocycles. The average Bonchev–Trinajstić information content (AvgIpc) is 2.42. The van der Waals surface area contributed by atoms with Gasteiger partial charge in [0.15, 0.2) is 0 Å². The number of ether oxygens (including phenoxy) is 1. The molecule has 0 saturated heterocycles. The maximum atomic E-state index is 11.7. The van der Waals surface area contributed by atoms with Crippen LogP contribution in [0.15, 0.2) is 0 Å².